The summed E-state index contributed by atoms with van der Waals surface area (Å²) in [5.41, 5.74) is 0.733. The van der Waals surface area contributed by atoms with Crippen molar-refractivity contribution in [2.45, 2.75) is 30.3 Å². The van der Waals surface area contributed by atoms with Gasteiger partial charge in [-0.25, -0.2) is 8.42 Å². The van der Waals surface area contributed by atoms with Gasteiger partial charge in [0.15, 0.2) is 11.4 Å². The van der Waals surface area contributed by atoms with Crippen molar-refractivity contribution in [3.05, 3.63) is 71.9 Å². The first-order valence-corrected chi connectivity index (χ1v) is 11.3. The van der Waals surface area contributed by atoms with Crippen LogP contribution in [0.3, 0.4) is 0 Å². The molecule has 0 aliphatic heterocycles. The average molecular weight is 445 g/mol. The number of hydrogen-bond donors (Lipinski definition) is 2. The van der Waals surface area contributed by atoms with E-state index in [2.05, 4.69) is 5.16 Å². The molecule has 0 saturated carbocycles. The second-order valence-corrected chi connectivity index (χ2v) is 9.23. The van der Waals surface area contributed by atoms with Crippen LogP contribution in [0.5, 0.6) is 0 Å². The molecule has 0 aliphatic carbocycles. The highest BCUT2D eigenvalue weighted by atomic mass is 32.2. The summed E-state index contributed by atoms with van der Waals surface area (Å²) in [4.78, 5) is 12.4. The normalized spacial score (nSPS) is 14.7. The topological polar surface area (TPSA) is 127 Å². The van der Waals surface area contributed by atoms with E-state index in [0.29, 0.717) is 0 Å². The van der Waals surface area contributed by atoms with Gasteiger partial charge >= 0.3 is 0 Å². The van der Waals surface area contributed by atoms with Gasteiger partial charge in [0, 0.05) is 12.3 Å². The van der Waals surface area contributed by atoms with E-state index in [1.807, 2.05) is 54.6 Å². The van der Waals surface area contributed by atoms with E-state index in [0.717, 1.165) is 29.0 Å². The Hall–Kier alpha value is -2.85. The summed E-state index contributed by atoms with van der Waals surface area (Å²) in [5, 5.41) is 23.2. The highest BCUT2D eigenvalue weighted by Gasteiger charge is 2.44. The minimum atomic E-state index is -3.68. The molecule has 2 N–H and O–H groups in total. The van der Waals surface area contributed by atoms with Crippen molar-refractivity contribution in [1.82, 2.24) is 5.16 Å². The monoisotopic (exact) mass is 445 g/mol. The number of aromatic nitrogens is 1. The lowest BCUT2D eigenvalue weighted by molar-refractivity contribution is -0.166. The Kier molecular flexibility index (Phi) is 6.71. The van der Waals surface area contributed by atoms with E-state index in [9.17, 15) is 23.4 Å². The van der Waals surface area contributed by atoms with Crippen LogP contribution in [0, 0.1) is 0 Å². The standard InChI is InChI=1S/C22H23NO7S/c1-22(19(25)13-24,21(26)18-12-20(30-23-18)31(2,27)28)29-14-15-8-10-17(11-9-15)16-6-4-3-5-7-16/h3-12,21,24,26H,13-14H2,1-2H3/t21-,22+/m0/s1. The second kappa shape index (κ2) is 9.11. The van der Waals surface area contributed by atoms with Crippen LogP contribution in [0.2, 0.25) is 0 Å². The second-order valence-electron chi connectivity index (χ2n) is 7.29. The fourth-order valence-electron chi connectivity index (χ4n) is 2.98. The number of benzene rings is 2. The first-order valence-electron chi connectivity index (χ1n) is 9.42. The van der Waals surface area contributed by atoms with E-state index in [1.54, 1.807) is 0 Å². The first kappa shape index (κ1) is 22.8. The molecule has 3 aromatic rings. The maximum atomic E-state index is 12.4. The minimum absolute atomic E-state index is 0.0366. The lowest BCUT2D eigenvalue weighted by atomic mass is 9.91. The molecule has 2 atom stereocenters. The quantitative estimate of drug-likeness (QED) is 0.514. The van der Waals surface area contributed by atoms with Crippen LogP contribution in [0.1, 0.15) is 24.3 Å². The molecule has 1 heterocycles. The molecule has 3 rings (SSSR count). The van der Waals surface area contributed by atoms with Gasteiger partial charge in [0.2, 0.25) is 9.84 Å². The lowest BCUT2D eigenvalue weighted by Crippen LogP contribution is -2.46. The van der Waals surface area contributed by atoms with Crippen LogP contribution >= 0.6 is 0 Å². The Morgan fingerprint density at radius 3 is 2.29 bits per heavy atom. The number of aliphatic hydroxyl groups is 2. The predicted molar refractivity (Wildman–Crippen MR) is 112 cm³/mol. The smallest absolute Gasteiger partial charge is 0.250 e. The zero-order valence-corrected chi connectivity index (χ0v) is 17.9. The molecule has 164 valence electrons. The summed E-state index contributed by atoms with van der Waals surface area (Å²) >= 11 is 0. The van der Waals surface area contributed by atoms with Crippen molar-refractivity contribution in [3.63, 3.8) is 0 Å². The number of carbonyl (C=O) groups is 1. The summed E-state index contributed by atoms with van der Waals surface area (Å²) < 4.78 is 33.7. The van der Waals surface area contributed by atoms with Gasteiger partial charge in [-0.15, -0.1) is 0 Å². The third-order valence-electron chi connectivity index (χ3n) is 4.97. The number of ketones is 1. The molecule has 0 bridgehead atoms. The zero-order valence-electron chi connectivity index (χ0n) is 17.1. The van der Waals surface area contributed by atoms with E-state index in [4.69, 9.17) is 9.26 Å². The average Bonchev–Trinajstić information content (AvgIpc) is 3.28. The van der Waals surface area contributed by atoms with Gasteiger partial charge in [-0.1, -0.05) is 59.8 Å². The van der Waals surface area contributed by atoms with E-state index < -0.39 is 39.0 Å². The molecule has 0 saturated heterocycles. The maximum absolute atomic E-state index is 12.4. The molecular weight excluding hydrogens is 422 g/mol. The van der Waals surface area contributed by atoms with Gasteiger partial charge < -0.3 is 19.5 Å². The molecule has 0 radical (unpaired) electrons. The molecule has 0 unspecified atom stereocenters. The summed E-state index contributed by atoms with van der Waals surface area (Å²) in [6.45, 7) is 0.395. The highest BCUT2D eigenvalue weighted by molar-refractivity contribution is 7.90. The van der Waals surface area contributed by atoms with Crippen molar-refractivity contribution in [1.29, 1.82) is 0 Å². The zero-order chi connectivity index (χ0) is 22.6. The molecule has 1 aromatic heterocycles. The molecule has 0 amide bonds. The fraction of sp³-hybridized carbons (Fsp3) is 0.273. The number of sulfone groups is 1. The molecule has 0 aliphatic rings. The molecule has 2 aromatic carbocycles. The Morgan fingerprint density at radius 2 is 1.74 bits per heavy atom. The van der Waals surface area contributed by atoms with Crippen LogP contribution in [0.25, 0.3) is 11.1 Å². The first-order chi connectivity index (χ1) is 14.6. The van der Waals surface area contributed by atoms with Gasteiger partial charge in [-0.05, 0) is 23.6 Å². The third-order valence-corrected chi connectivity index (χ3v) is 5.89. The summed E-state index contributed by atoms with van der Waals surface area (Å²) in [5.74, 6) is -0.787. The molecule has 31 heavy (non-hydrogen) atoms. The Bertz CT molecular complexity index is 1140. The van der Waals surface area contributed by atoms with Gasteiger partial charge in [0.25, 0.3) is 5.09 Å². The van der Waals surface area contributed by atoms with Gasteiger partial charge in [-0.3, -0.25) is 4.79 Å². The Balaban J connectivity index is 1.79. The number of rotatable bonds is 9. The Labute approximate surface area is 180 Å². The third kappa shape index (κ3) is 5.08. The van der Waals surface area contributed by atoms with Crippen molar-refractivity contribution in [2.75, 3.05) is 12.9 Å². The van der Waals surface area contributed by atoms with Crippen molar-refractivity contribution < 1.29 is 32.7 Å². The van der Waals surface area contributed by atoms with Gasteiger partial charge in [0.1, 0.15) is 18.4 Å². The number of ether oxygens (including phenoxy) is 1. The van der Waals surface area contributed by atoms with Crippen LogP contribution in [-0.4, -0.2) is 48.0 Å². The van der Waals surface area contributed by atoms with Gasteiger partial charge in [0.05, 0.1) is 6.61 Å². The van der Waals surface area contributed by atoms with Crippen LogP contribution in [0.15, 0.2) is 70.3 Å². The van der Waals surface area contributed by atoms with Crippen molar-refractivity contribution in [2.24, 2.45) is 0 Å². The Morgan fingerprint density at radius 1 is 1.13 bits per heavy atom. The van der Waals surface area contributed by atoms with Crippen molar-refractivity contribution >= 4 is 15.6 Å². The number of aliphatic hydroxyl groups excluding tert-OH is 2. The predicted octanol–water partition coefficient (Wildman–Crippen LogP) is 2.32. The largest absolute Gasteiger partial charge is 0.388 e. The number of hydrogen-bond acceptors (Lipinski definition) is 8. The fourth-order valence-corrected chi connectivity index (χ4v) is 3.49. The maximum Gasteiger partial charge on any atom is 0.250 e. The number of carbonyl (C=O) groups excluding carboxylic acids is 1. The summed E-state index contributed by atoms with van der Waals surface area (Å²) in [6.07, 6.45) is -0.729. The molecule has 0 fully saturated rings. The van der Waals surface area contributed by atoms with Crippen LogP contribution in [-0.2, 0) is 26.0 Å². The highest BCUT2D eigenvalue weighted by Crippen LogP contribution is 2.32. The van der Waals surface area contributed by atoms with Crippen LogP contribution in [0.4, 0.5) is 0 Å². The van der Waals surface area contributed by atoms with E-state index in [1.165, 1.54) is 6.92 Å². The van der Waals surface area contributed by atoms with Crippen LogP contribution < -0.4 is 0 Å². The van der Waals surface area contributed by atoms with Crippen molar-refractivity contribution in [3.8, 4) is 11.1 Å². The molecule has 0 spiro atoms. The van der Waals surface area contributed by atoms with E-state index >= 15 is 0 Å². The molecule has 9 heteroatoms. The summed E-state index contributed by atoms with van der Waals surface area (Å²) in [6, 6.07) is 18.3. The minimum Gasteiger partial charge on any atom is -0.388 e. The SMILES string of the molecule is C[C@@](OCc1ccc(-c2ccccc2)cc1)(C(=O)CO)[C@@H](O)c1cc(S(C)(=O)=O)on1. The molecular formula is C22H23NO7S. The van der Waals surface area contributed by atoms with Gasteiger partial charge in [-0.2, -0.15) is 0 Å². The summed E-state index contributed by atoms with van der Waals surface area (Å²) in [7, 11) is -3.68. The number of Topliss-reactive ketones (excluding diaryl/α,β-unsaturated/α-hetero) is 1. The molecule has 8 nitrogen and oxygen atoms in total. The lowest BCUT2D eigenvalue weighted by Gasteiger charge is -2.31. The number of nitrogens with zero attached hydrogens (tertiary/aromatic N) is 1. The van der Waals surface area contributed by atoms with E-state index in [-0.39, 0.29) is 12.3 Å².